The van der Waals surface area contributed by atoms with Gasteiger partial charge in [-0.05, 0) is 57.6 Å². The lowest BCUT2D eigenvalue weighted by atomic mass is 10.0. The molecule has 3 aliphatic rings. The van der Waals surface area contributed by atoms with E-state index in [1.54, 1.807) is 0 Å². The zero-order valence-electron chi connectivity index (χ0n) is 18.6. The zero-order valence-corrected chi connectivity index (χ0v) is 18.6. The Balaban J connectivity index is 1.38. The van der Waals surface area contributed by atoms with Crippen molar-refractivity contribution in [2.75, 3.05) is 25.5 Å². The number of ether oxygens (including phenoxy) is 1. The minimum atomic E-state index is -4.55. The first-order valence-electron chi connectivity index (χ1n) is 11.4. The Morgan fingerprint density at radius 3 is 2.53 bits per heavy atom. The Hall–Kier alpha value is -2.13. The van der Waals surface area contributed by atoms with E-state index in [9.17, 15) is 13.2 Å². The molecule has 2 aliphatic carbocycles. The molecule has 1 aliphatic heterocycles. The van der Waals surface area contributed by atoms with Crippen molar-refractivity contribution in [3.63, 3.8) is 0 Å². The van der Waals surface area contributed by atoms with Gasteiger partial charge in [0.15, 0.2) is 0 Å². The molecule has 9 heteroatoms. The molecule has 6 nitrogen and oxygen atoms in total. The van der Waals surface area contributed by atoms with Crippen molar-refractivity contribution in [2.45, 2.75) is 63.8 Å². The molecule has 0 aromatic carbocycles. The molecule has 0 radical (unpaired) electrons. The number of nitrogens with two attached hydrogens (primary N) is 1. The average Bonchev–Trinajstić information content (AvgIpc) is 3.07. The third-order valence-corrected chi connectivity index (χ3v) is 7.42. The van der Waals surface area contributed by atoms with Crippen LogP contribution in [0.1, 0.15) is 56.8 Å². The summed E-state index contributed by atoms with van der Waals surface area (Å²) in [7, 11) is 0. The molecule has 2 N–H and O–H groups in total. The fourth-order valence-electron chi connectivity index (χ4n) is 5.86. The molecule has 0 spiro atoms. The predicted molar refractivity (Wildman–Crippen MR) is 115 cm³/mol. The van der Waals surface area contributed by atoms with Crippen LogP contribution in [0.15, 0.2) is 18.3 Å². The molecule has 174 valence electrons. The van der Waals surface area contributed by atoms with Crippen LogP contribution in [0.4, 0.5) is 19.0 Å². The van der Waals surface area contributed by atoms with Gasteiger partial charge in [0.25, 0.3) is 0 Å². The van der Waals surface area contributed by atoms with Gasteiger partial charge in [0.05, 0.1) is 24.5 Å². The summed E-state index contributed by atoms with van der Waals surface area (Å²) in [5, 5.41) is 4.68. The van der Waals surface area contributed by atoms with Crippen LogP contribution in [0.3, 0.4) is 0 Å². The number of pyridine rings is 1. The number of aromatic nitrogens is 3. The molecule has 0 amide bonds. The highest BCUT2D eigenvalue weighted by Gasteiger charge is 2.59. The molecule has 0 bridgehead atoms. The lowest BCUT2D eigenvalue weighted by molar-refractivity contribution is -0.137. The second-order valence-electron chi connectivity index (χ2n) is 9.79. The first-order valence-corrected chi connectivity index (χ1v) is 11.4. The summed E-state index contributed by atoms with van der Waals surface area (Å²) in [6, 6.07) is 4.20. The van der Waals surface area contributed by atoms with Gasteiger partial charge in [0.2, 0.25) is 0 Å². The number of nitrogens with zero attached hydrogens (tertiary/aromatic N) is 4. The van der Waals surface area contributed by atoms with E-state index in [1.807, 2.05) is 10.7 Å². The monoisotopic (exact) mass is 449 g/mol. The summed E-state index contributed by atoms with van der Waals surface area (Å²) in [6.45, 7) is 8.94. The minimum absolute atomic E-state index is 0.124. The topological polar surface area (TPSA) is 69.2 Å². The molecule has 5 atom stereocenters. The number of fused-ring (bicyclic) bond motifs is 1. The van der Waals surface area contributed by atoms with Gasteiger partial charge in [0.1, 0.15) is 5.82 Å². The first-order chi connectivity index (χ1) is 15.1. The highest BCUT2D eigenvalue weighted by Crippen LogP contribution is 2.64. The van der Waals surface area contributed by atoms with Gasteiger partial charge in [0, 0.05) is 48.0 Å². The third kappa shape index (κ3) is 3.69. The smallest absolute Gasteiger partial charge is 0.383 e. The van der Waals surface area contributed by atoms with E-state index >= 15 is 0 Å². The van der Waals surface area contributed by atoms with Crippen molar-refractivity contribution in [2.24, 2.45) is 11.8 Å². The van der Waals surface area contributed by atoms with Crippen LogP contribution < -0.4 is 5.73 Å². The standard InChI is InChI=1S/C23H30F3N5O/c1-12(2)31-20(9-19(29-31)14-6-18(23(24,25)26)22(27)28-10-14)21-16-7-15(8-17(16)21)30-4-5-32-11-13(30)3/h6,9-10,12-13,15-17,21H,4-5,7-8,11H2,1-3H3,(H2,27,28)/t13-,15?,16-,17+,21+/m0/s1. The van der Waals surface area contributed by atoms with Gasteiger partial charge in [-0.3, -0.25) is 9.58 Å². The summed E-state index contributed by atoms with van der Waals surface area (Å²) in [4.78, 5) is 6.38. The quantitative estimate of drug-likeness (QED) is 0.752. The molecule has 32 heavy (non-hydrogen) atoms. The summed E-state index contributed by atoms with van der Waals surface area (Å²) in [5.41, 5.74) is 6.55. The normalized spacial score (nSPS) is 30.7. The van der Waals surface area contributed by atoms with E-state index < -0.39 is 17.6 Å². The number of morpholine rings is 1. The Kier molecular flexibility index (Phi) is 5.24. The molecule has 1 unspecified atom stereocenters. The van der Waals surface area contributed by atoms with E-state index in [1.165, 1.54) is 19.0 Å². The minimum Gasteiger partial charge on any atom is -0.383 e. The lowest BCUT2D eigenvalue weighted by Crippen LogP contribution is -2.49. The van der Waals surface area contributed by atoms with E-state index in [-0.39, 0.29) is 6.04 Å². The second-order valence-corrected chi connectivity index (χ2v) is 9.79. The summed E-state index contributed by atoms with van der Waals surface area (Å²) >= 11 is 0. The molecule has 5 rings (SSSR count). The van der Waals surface area contributed by atoms with Crippen LogP contribution in [0.2, 0.25) is 0 Å². The Morgan fingerprint density at radius 2 is 1.91 bits per heavy atom. The van der Waals surface area contributed by atoms with Crippen molar-refractivity contribution in [1.29, 1.82) is 0 Å². The van der Waals surface area contributed by atoms with Crippen molar-refractivity contribution < 1.29 is 17.9 Å². The van der Waals surface area contributed by atoms with Crippen LogP contribution in [0.25, 0.3) is 11.3 Å². The summed E-state index contributed by atoms with van der Waals surface area (Å²) in [6.07, 6.45) is -0.833. The maximum absolute atomic E-state index is 13.3. The molecular formula is C23H30F3N5O. The van der Waals surface area contributed by atoms with Crippen molar-refractivity contribution in [1.82, 2.24) is 19.7 Å². The summed E-state index contributed by atoms with van der Waals surface area (Å²) in [5.74, 6) is 1.15. The largest absolute Gasteiger partial charge is 0.419 e. The number of halogens is 3. The van der Waals surface area contributed by atoms with Crippen molar-refractivity contribution in [3.8, 4) is 11.3 Å². The first kappa shape index (κ1) is 21.7. The maximum Gasteiger partial charge on any atom is 0.419 e. The number of anilines is 1. The highest BCUT2D eigenvalue weighted by molar-refractivity contribution is 5.63. The van der Waals surface area contributed by atoms with E-state index in [0.717, 1.165) is 31.5 Å². The third-order valence-electron chi connectivity index (χ3n) is 7.42. The van der Waals surface area contributed by atoms with Crippen LogP contribution in [0, 0.1) is 11.8 Å². The van der Waals surface area contributed by atoms with Gasteiger partial charge in [-0.25, -0.2) is 4.98 Å². The number of alkyl halides is 3. The van der Waals surface area contributed by atoms with Crippen LogP contribution >= 0.6 is 0 Å². The Bertz CT molecular complexity index is 992. The molecule has 3 fully saturated rings. The molecule has 2 saturated carbocycles. The van der Waals surface area contributed by atoms with E-state index in [4.69, 9.17) is 10.5 Å². The molecule has 2 aromatic rings. The highest BCUT2D eigenvalue weighted by atomic mass is 19.4. The fourth-order valence-corrected chi connectivity index (χ4v) is 5.86. The van der Waals surface area contributed by atoms with E-state index in [2.05, 4.69) is 35.8 Å². The Morgan fingerprint density at radius 1 is 1.19 bits per heavy atom. The predicted octanol–water partition coefficient (Wildman–Crippen LogP) is 4.34. The Labute approximate surface area is 185 Å². The molecule has 2 aromatic heterocycles. The average molecular weight is 450 g/mol. The lowest BCUT2D eigenvalue weighted by Gasteiger charge is -2.38. The number of nitrogen functional groups attached to an aromatic ring is 1. The van der Waals surface area contributed by atoms with Crippen molar-refractivity contribution in [3.05, 3.63) is 29.6 Å². The van der Waals surface area contributed by atoms with Gasteiger partial charge >= 0.3 is 6.18 Å². The number of rotatable bonds is 4. The van der Waals surface area contributed by atoms with Crippen LogP contribution in [-0.2, 0) is 10.9 Å². The van der Waals surface area contributed by atoms with Crippen LogP contribution in [-0.4, -0.2) is 51.5 Å². The molecular weight excluding hydrogens is 419 g/mol. The fraction of sp³-hybridized carbons (Fsp3) is 0.652. The van der Waals surface area contributed by atoms with Gasteiger partial charge in [-0.2, -0.15) is 18.3 Å². The van der Waals surface area contributed by atoms with Gasteiger partial charge in [-0.15, -0.1) is 0 Å². The maximum atomic E-state index is 13.3. The molecule has 1 saturated heterocycles. The van der Waals surface area contributed by atoms with Gasteiger partial charge < -0.3 is 10.5 Å². The number of hydrogen-bond acceptors (Lipinski definition) is 5. The van der Waals surface area contributed by atoms with Gasteiger partial charge in [-0.1, -0.05) is 0 Å². The SMILES string of the molecule is CC(C)n1nc(-c2cnc(N)c(C(F)(F)F)c2)cc1[C@H]1[C@@H]2CC(N3CCOC[C@@H]3C)C[C@@H]21. The number of hydrogen-bond donors (Lipinski definition) is 1. The van der Waals surface area contributed by atoms with Crippen molar-refractivity contribution >= 4 is 5.82 Å². The zero-order chi connectivity index (χ0) is 22.8. The van der Waals surface area contributed by atoms with E-state index in [0.29, 0.717) is 41.1 Å². The van der Waals surface area contributed by atoms with Crippen LogP contribution in [0.5, 0.6) is 0 Å². The second kappa shape index (κ2) is 7.73. The summed E-state index contributed by atoms with van der Waals surface area (Å²) < 4.78 is 47.5. The molecule has 3 heterocycles.